The van der Waals surface area contributed by atoms with E-state index < -0.39 is 0 Å². The minimum atomic E-state index is 0.630. The fourth-order valence-corrected chi connectivity index (χ4v) is 1.92. The second-order valence-electron chi connectivity index (χ2n) is 3.50. The van der Waals surface area contributed by atoms with Gasteiger partial charge in [0.2, 0.25) is 0 Å². The maximum atomic E-state index is 5.31. The third-order valence-corrected chi connectivity index (χ3v) is 2.59. The number of nitrogens with two attached hydrogens (primary N) is 1. The molecule has 1 fully saturated rings. The van der Waals surface area contributed by atoms with E-state index in [9.17, 15) is 0 Å². The van der Waals surface area contributed by atoms with Gasteiger partial charge in [0.25, 0.3) is 0 Å². The third-order valence-electron chi connectivity index (χ3n) is 2.59. The molecule has 0 unspecified atom stereocenters. The summed E-state index contributed by atoms with van der Waals surface area (Å²) in [4.78, 5) is 0. The molecule has 0 radical (unpaired) electrons. The summed E-state index contributed by atoms with van der Waals surface area (Å²) in [6.07, 6.45) is 8.60. The number of hydrogen-bond donors (Lipinski definition) is 2. The zero-order valence-corrected chi connectivity index (χ0v) is 7.31. The van der Waals surface area contributed by atoms with Crippen molar-refractivity contribution in [3.05, 3.63) is 0 Å². The average molecular weight is 156 g/mol. The van der Waals surface area contributed by atoms with Crippen LogP contribution in [0.5, 0.6) is 0 Å². The van der Waals surface area contributed by atoms with Gasteiger partial charge in [-0.2, -0.15) is 0 Å². The standard InChI is InChI=1S/C9H20N2/c10-8-11-7-3-6-9-4-1-2-5-9/h9,11H,1-8,10H2. The van der Waals surface area contributed by atoms with Crippen molar-refractivity contribution in [2.24, 2.45) is 11.7 Å². The van der Waals surface area contributed by atoms with Crippen LogP contribution in [0.2, 0.25) is 0 Å². The molecular weight excluding hydrogens is 136 g/mol. The summed E-state index contributed by atoms with van der Waals surface area (Å²) in [5.41, 5.74) is 5.31. The molecular formula is C9H20N2. The van der Waals surface area contributed by atoms with E-state index in [1.165, 1.54) is 38.5 Å². The van der Waals surface area contributed by atoms with E-state index >= 15 is 0 Å². The molecule has 0 heterocycles. The van der Waals surface area contributed by atoms with Gasteiger partial charge in [-0.05, 0) is 25.3 Å². The Bertz CT molecular complexity index is 87.6. The number of nitrogens with one attached hydrogen (secondary N) is 1. The van der Waals surface area contributed by atoms with Gasteiger partial charge in [-0.25, -0.2) is 0 Å². The van der Waals surface area contributed by atoms with Crippen LogP contribution in [0, 0.1) is 5.92 Å². The molecule has 1 aliphatic carbocycles. The Morgan fingerprint density at radius 2 is 2.00 bits per heavy atom. The Kier molecular flexibility index (Phi) is 4.55. The maximum absolute atomic E-state index is 5.31. The summed E-state index contributed by atoms with van der Waals surface area (Å²) in [5, 5.41) is 3.15. The lowest BCUT2D eigenvalue weighted by Crippen LogP contribution is -2.23. The normalized spacial score (nSPS) is 19.4. The summed E-state index contributed by atoms with van der Waals surface area (Å²) in [5.74, 6) is 1.04. The first-order valence-electron chi connectivity index (χ1n) is 4.84. The molecule has 1 rings (SSSR count). The molecule has 0 saturated heterocycles. The van der Waals surface area contributed by atoms with Gasteiger partial charge in [0.15, 0.2) is 0 Å². The summed E-state index contributed by atoms with van der Waals surface area (Å²) in [6.45, 7) is 1.73. The highest BCUT2D eigenvalue weighted by atomic mass is 14.9. The van der Waals surface area contributed by atoms with E-state index in [-0.39, 0.29) is 0 Å². The van der Waals surface area contributed by atoms with Gasteiger partial charge in [0, 0.05) is 6.67 Å². The lowest BCUT2D eigenvalue weighted by atomic mass is 10.0. The minimum absolute atomic E-state index is 0.630. The van der Waals surface area contributed by atoms with Crippen LogP contribution in [-0.4, -0.2) is 13.2 Å². The second-order valence-corrected chi connectivity index (χ2v) is 3.50. The summed E-state index contributed by atoms with van der Waals surface area (Å²) in [6, 6.07) is 0. The molecule has 0 amide bonds. The van der Waals surface area contributed by atoms with Crippen molar-refractivity contribution in [3.63, 3.8) is 0 Å². The molecule has 2 nitrogen and oxygen atoms in total. The average Bonchev–Trinajstić information content (AvgIpc) is 2.50. The molecule has 0 aromatic heterocycles. The van der Waals surface area contributed by atoms with Crippen molar-refractivity contribution < 1.29 is 0 Å². The number of rotatable bonds is 5. The van der Waals surface area contributed by atoms with E-state index in [4.69, 9.17) is 5.73 Å². The van der Waals surface area contributed by atoms with Crippen molar-refractivity contribution in [2.75, 3.05) is 13.2 Å². The molecule has 0 spiro atoms. The first-order chi connectivity index (χ1) is 5.43. The molecule has 0 bridgehead atoms. The highest BCUT2D eigenvalue weighted by Crippen LogP contribution is 2.28. The molecule has 11 heavy (non-hydrogen) atoms. The second kappa shape index (κ2) is 5.56. The molecule has 0 aliphatic heterocycles. The van der Waals surface area contributed by atoms with Crippen LogP contribution in [0.15, 0.2) is 0 Å². The quantitative estimate of drug-likeness (QED) is 0.467. The maximum Gasteiger partial charge on any atom is 0.0428 e. The lowest BCUT2D eigenvalue weighted by Gasteiger charge is -2.07. The zero-order valence-electron chi connectivity index (χ0n) is 7.31. The first kappa shape index (κ1) is 9.01. The van der Waals surface area contributed by atoms with Crippen LogP contribution in [0.4, 0.5) is 0 Å². The lowest BCUT2D eigenvalue weighted by molar-refractivity contribution is 0.472. The van der Waals surface area contributed by atoms with E-state index in [2.05, 4.69) is 5.32 Å². The zero-order chi connectivity index (χ0) is 7.94. The molecule has 1 aliphatic rings. The Morgan fingerprint density at radius 1 is 1.27 bits per heavy atom. The Labute approximate surface area is 69.5 Å². The Hall–Kier alpha value is -0.0800. The molecule has 0 aromatic carbocycles. The largest absolute Gasteiger partial charge is 0.318 e. The van der Waals surface area contributed by atoms with Gasteiger partial charge in [-0.3, -0.25) is 0 Å². The van der Waals surface area contributed by atoms with Crippen LogP contribution < -0.4 is 11.1 Å². The van der Waals surface area contributed by atoms with Gasteiger partial charge in [-0.15, -0.1) is 0 Å². The van der Waals surface area contributed by atoms with Gasteiger partial charge in [0.1, 0.15) is 0 Å². The van der Waals surface area contributed by atoms with Crippen LogP contribution in [0.3, 0.4) is 0 Å². The summed E-state index contributed by atoms with van der Waals surface area (Å²) < 4.78 is 0. The highest BCUT2D eigenvalue weighted by Gasteiger charge is 2.13. The van der Waals surface area contributed by atoms with Crippen molar-refractivity contribution in [3.8, 4) is 0 Å². The van der Waals surface area contributed by atoms with E-state index in [1.54, 1.807) is 0 Å². The third kappa shape index (κ3) is 3.73. The molecule has 66 valence electrons. The van der Waals surface area contributed by atoms with Crippen molar-refractivity contribution in [2.45, 2.75) is 38.5 Å². The molecule has 1 saturated carbocycles. The van der Waals surface area contributed by atoms with Crippen molar-refractivity contribution in [1.29, 1.82) is 0 Å². The van der Waals surface area contributed by atoms with Gasteiger partial charge in [0.05, 0.1) is 0 Å². The van der Waals surface area contributed by atoms with E-state index in [0.29, 0.717) is 6.67 Å². The Balaban J connectivity index is 1.86. The van der Waals surface area contributed by atoms with Gasteiger partial charge < -0.3 is 11.1 Å². The topological polar surface area (TPSA) is 38.0 Å². The fourth-order valence-electron chi connectivity index (χ4n) is 1.92. The predicted molar refractivity (Wildman–Crippen MR) is 48.2 cm³/mol. The SMILES string of the molecule is NCNCCCC1CCCC1. The molecule has 0 aromatic rings. The monoisotopic (exact) mass is 156 g/mol. The van der Waals surface area contributed by atoms with Crippen LogP contribution in [0.1, 0.15) is 38.5 Å². The van der Waals surface area contributed by atoms with E-state index in [0.717, 1.165) is 12.5 Å². The smallest absolute Gasteiger partial charge is 0.0428 e. The van der Waals surface area contributed by atoms with Crippen LogP contribution in [-0.2, 0) is 0 Å². The molecule has 3 N–H and O–H groups in total. The fraction of sp³-hybridized carbons (Fsp3) is 1.00. The molecule has 0 atom stereocenters. The number of hydrogen-bond acceptors (Lipinski definition) is 2. The van der Waals surface area contributed by atoms with Crippen molar-refractivity contribution in [1.82, 2.24) is 5.32 Å². The molecule has 2 heteroatoms. The highest BCUT2D eigenvalue weighted by molar-refractivity contribution is 4.67. The van der Waals surface area contributed by atoms with Gasteiger partial charge >= 0.3 is 0 Å². The van der Waals surface area contributed by atoms with Gasteiger partial charge in [-0.1, -0.05) is 25.7 Å². The van der Waals surface area contributed by atoms with Crippen molar-refractivity contribution >= 4 is 0 Å². The first-order valence-corrected chi connectivity index (χ1v) is 4.84. The Morgan fingerprint density at radius 3 is 2.64 bits per heavy atom. The summed E-state index contributed by atoms with van der Waals surface area (Å²) in [7, 11) is 0. The predicted octanol–water partition coefficient (Wildman–Crippen LogP) is 1.46. The minimum Gasteiger partial charge on any atom is -0.318 e. The van der Waals surface area contributed by atoms with Crippen LogP contribution in [0.25, 0.3) is 0 Å². The summed E-state index contributed by atoms with van der Waals surface area (Å²) >= 11 is 0. The van der Waals surface area contributed by atoms with E-state index in [1.807, 2.05) is 0 Å². The van der Waals surface area contributed by atoms with Crippen LogP contribution >= 0.6 is 0 Å².